The van der Waals surface area contributed by atoms with Crippen LogP contribution in [0.25, 0.3) is 0 Å². The predicted molar refractivity (Wildman–Crippen MR) is 192 cm³/mol. The average molecular weight is 773 g/mol. The predicted octanol–water partition coefficient (Wildman–Crippen LogP) is 7.79. The Balaban J connectivity index is 1.16. The molecular weight excluding hydrogens is 734 g/mol. The molecule has 3 aromatic carbocycles. The Morgan fingerprint density at radius 2 is 1.74 bits per heavy atom. The second kappa shape index (κ2) is 17.6. The van der Waals surface area contributed by atoms with Crippen LogP contribution in [0.3, 0.4) is 0 Å². The summed E-state index contributed by atoms with van der Waals surface area (Å²) in [6.45, 7) is -0.441. The van der Waals surface area contributed by atoms with Gasteiger partial charge in [-0.05, 0) is 85.3 Å². The van der Waals surface area contributed by atoms with E-state index in [1.807, 2.05) is 0 Å². The molecule has 2 bridgehead atoms. The zero-order valence-electron chi connectivity index (χ0n) is 28.8. The monoisotopic (exact) mass is 771 g/mol. The molecule has 0 spiro atoms. The molecule has 3 aliphatic rings. The lowest BCUT2D eigenvalue weighted by molar-refractivity contribution is -0.161. The maximum atomic E-state index is 15.0. The number of benzene rings is 3. The molecule has 53 heavy (non-hydrogen) atoms. The largest absolute Gasteiger partial charge is 0.493 e. The van der Waals surface area contributed by atoms with E-state index in [1.54, 1.807) is 48.5 Å². The normalized spacial score (nSPS) is 19.0. The third-order valence-electron chi connectivity index (χ3n) is 9.68. The van der Waals surface area contributed by atoms with Gasteiger partial charge in [0.15, 0.2) is 11.5 Å². The number of nitrogens with zero attached hydrogens (tertiary/aromatic N) is 2. The summed E-state index contributed by atoms with van der Waals surface area (Å²) in [5.74, 6) is -2.09. The minimum atomic E-state index is -3.05. The molecule has 1 aromatic heterocycles. The van der Waals surface area contributed by atoms with Gasteiger partial charge in [-0.25, -0.2) is 14.0 Å². The van der Waals surface area contributed by atoms with Crippen molar-refractivity contribution in [3.63, 3.8) is 0 Å². The van der Waals surface area contributed by atoms with Gasteiger partial charge in [-0.1, -0.05) is 59.6 Å². The molecule has 280 valence electrons. The van der Waals surface area contributed by atoms with E-state index in [9.17, 15) is 18.4 Å². The molecule has 1 unspecified atom stereocenters. The van der Waals surface area contributed by atoms with Crippen molar-refractivity contribution in [1.29, 1.82) is 0 Å². The van der Waals surface area contributed by atoms with Crippen LogP contribution < -0.4 is 14.8 Å². The number of aromatic nitrogens is 1. The van der Waals surface area contributed by atoms with Crippen LogP contribution in [0.2, 0.25) is 10.0 Å². The van der Waals surface area contributed by atoms with Crippen LogP contribution >= 0.6 is 23.2 Å². The number of fused-ring (bicyclic) bond motifs is 3. The van der Waals surface area contributed by atoms with Gasteiger partial charge in [0.2, 0.25) is 0 Å². The van der Waals surface area contributed by atoms with Crippen molar-refractivity contribution in [2.45, 2.75) is 50.5 Å². The first-order valence-corrected chi connectivity index (χ1v) is 17.9. The average Bonchev–Trinajstić information content (AvgIpc) is 3.15. The highest BCUT2D eigenvalue weighted by molar-refractivity contribution is 6.35. The first-order valence-electron chi connectivity index (χ1n) is 17.2. The summed E-state index contributed by atoms with van der Waals surface area (Å²) in [6, 6.07) is 16.1. The van der Waals surface area contributed by atoms with Crippen LogP contribution in [0.15, 0.2) is 79.1 Å². The molecule has 1 N–H and O–H groups in total. The number of carbonyl (C=O) groups is 2. The first-order chi connectivity index (χ1) is 25.6. The number of methoxy groups -OCH3 is 1. The lowest BCUT2D eigenvalue weighted by Crippen LogP contribution is -2.52. The van der Waals surface area contributed by atoms with E-state index in [-0.39, 0.29) is 54.2 Å². The Bertz CT molecular complexity index is 1890. The molecule has 0 saturated carbocycles. The Morgan fingerprint density at radius 3 is 2.42 bits per heavy atom. The Morgan fingerprint density at radius 1 is 0.981 bits per heavy atom. The van der Waals surface area contributed by atoms with Crippen molar-refractivity contribution in [2.24, 2.45) is 5.92 Å². The van der Waals surface area contributed by atoms with Crippen LogP contribution in [0, 0.1) is 11.7 Å². The maximum absolute atomic E-state index is 15.0. The molecule has 3 aliphatic heterocycles. The van der Waals surface area contributed by atoms with Crippen LogP contribution in [0.1, 0.15) is 57.4 Å². The zero-order chi connectivity index (χ0) is 37.5. The van der Waals surface area contributed by atoms with Gasteiger partial charge < -0.3 is 18.9 Å². The lowest BCUT2D eigenvalue weighted by atomic mass is 9.86. The van der Waals surface area contributed by atoms with Crippen molar-refractivity contribution in [3.8, 4) is 11.5 Å². The van der Waals surface area contributed by atoms with Gasteiger partial charge in [-0.2, -0.15) is 8.78 Å². The molecule has 7 rings (SSSR count). The van der Waals surface area contributed by atoms with Crippen LogP contribution in [-0.4, -0.2) is 67.9 Å². The van der Waals surface area contributed by atoms with Gasteiger partial charge in [0.25, 0.3) is 0 Å². The number of pyridine rings is 1. The Kier molecular flexibility index (Phi) is 12.8. The lowest BCUT2D eigenvalue weighted by Gasteiger charge is -2.44. The number of alkyl halides is 2. The van der Waals surface area contributed by atoms with E-state index in [0.717, 1.165) is 25.9 Å². The molecule has 3 fully saturated rings. The molecule has 4 heterocycles. The van der Waals surface area contributed by atoms with Gasteiger partial charge in [0.05, 0.1) is 29.3 Å². The molecule has 3 atom stereocenters. The van der Waals surface area contributed by atoms with E-state index in [0.29, 0.717) is 33.3 Å². The fourth-order valence-electron chi connectivity index (χ4n) is 6.86. The van der Waals surface area contributed by atoms with Gasteiger partial charge in [0.1, 0.15) is 18.0 Å². The zero-order valence-corrected chi connectivity index (χ0v) is 30.3. The number of ether oxygens (including phenoxy) is 4. The summed E-state index contributed by atoms with van der Waals surface area (Å²) < 4.78 is 62.6. The van der Waals surface area contributed by atoms with Gasteiger partial charge in [-0.3, -0.25) is 15.2 Å². The number of halogens is 5. The summed E-state index contributed by atoms with van der Waals surface area (Å²) in [4.78, 5) is 33.3. The van der Waals surface area contributed by atoms with Crippen LogP contribution in [0.4, 0.5) is 13.2 Å². The van der Waals surface area contributed by atoms with Gasteiger partial charge >= 0.3 is 18.6 Å². The molecular formula is C39H38Cl2F3N3O6. The second-order valence-corrected chi connectivity index (χ2v) is 13.8. The fourth-order valence-corrected chi connectivity index (χ4v) is 7.38. The Hall–Kier alpha value is -4.36. The standard InChI is InChI=1S/C39H38Cl2F3N3O6/c1-50-34-17-25(9-10-33(34)53-39(43)44)27(16-29-30(40)19-45-20-31(29)41)22-51-37(48)26-6-4-5-23(15-26)18-46-36(28-7-2-3-8-32(28)42)38(49)52-35-21-47-13-11-24(35)12-14-47/h2-10,15,17,19-20,24,27,35-36,39,46H,11-14,16,18,21-22H2,1H3/t27-,35+,36?/m1/s1. The van der Waals surface area contributed by atoms with Crippen LogP contribution in [-0.2, 0) is 27.2 Å². The summed E-state index contributed by atoms with van der Waals surface area (Å²) in [6.07, 6.45) is 4.77. The van der Waals surface area contributed by atoms with E-state index < -0.39 is 36.3 Å². The third-order valence-corrected chi connectivity index (χ3v) is 10.3. The smallest absolute Gasteiger partial charge is 0.387 e. The number of nitrogens with one attached hydrogen (secondary N) is 1. The second-order valence-electron chi connectivity index (χ2n) is 13.0. The number of esters is 2. The van der Waals surface area contributed by atoms with E-state index in [1.165, 1.54) is 37.7 Å². The SMILES string of the molecule is COc1cc([C@@H](COC(=O)c2cccc(CNC(C(=O)O[C@H]3CN4CCC3CC4)c3ccccc3F)c2)Cc2c(Cl)cncc2Cl)ccc1OC(F)F. The number of hydrogen-bond donors (Lipinski definition) is 1. The molecule has 4 aromatic rings. The van der Waals surface area contributed by atoms with Crippen molar-refractivity contribution in [2.75, 3.05) is 33.4 Å². The fraction of sp³-hybridized carbons (Fsp3) is 0.359. The highest BCUT2D eigenvalue weighted by Crippen LogP contribution is 2.36. The number of hydrogen-bond acceptors (Lipinski definition) is 9. The molecule has 14 heteroatoms. The molecule has 0 amide bonds. The van der Waals surface area contributed by atoms with Gasteiger partial charge in [-0.15, -0.1) is 0 Å². The minimum absolute atomic E-state index is 0.0626. The first kappa shape index (κ1) is 38.4. The van der Waals surface area contributed by atoms with E-state index >= 15 is 4.39 Å². The molecule has 9 nitrogen and oxygen atoms in total. The molecule has 0 aliphatic carbocycles. The highest BCUT2D eigenvalue weighted by atomic mass is 35.5. The molecule has 0 radical (unpaired) electrons. The van der Waals surface area contributed by atoms with E-state index in [2.05, 4.69) is 19.9 Å². The van der Waals surface area contributed by atoms with Crippen molar-refractivity contribution < 1.29 is 41.7 Å². The number of carbonyl (C=O) groups excluding carboxylic acids is 2. The minimum Gasteiger partial charge on any atom is -0.493 e. The summed E-state index contributed by atoms with van der Waals surface area (Å²) in [5, 5.41) is 3.76. The van der Waals surface area contributed by atoms with Crippen LogP contribution in [0.5, 0.6) is 11.5 Å². The number of rotatable bonds is 15. The van der Waals surface area contributed by atoms with Crippen molar-refractivity contribution >= 4 is 35.1 Å². The maximum Gasteiger partial charge on any atom is 0.387 e. The quantitative estimate of drug-likeness (QED) is 0.122. The Labute approximate surface area is 315 Å². The number of piperidine rings is 3. The van der Waals surface area contributed by atoms with E-state index in [4.69, 9.17) is 37.4 Å². The highest BCUT2D eigenvalue weighted by Gasteiger charge is 2.38. The summed E-state index contributed by atoms with van der Waals surface area (Å²) in [7, 11) is 1.32. The van der Waals surface area contributed by atoms with Gasteiger partial charge in [0, 0.05) is 37.0 Å². The molecule has 3 saturated heterocycles. The van der Waals surface area contributed by atoms with Crippen molar-refractivity contribution in [1.82, 2.24) is 15.2 Å². The summed E-state index contributed by atoms with van der Waals surface area (Å²) in [5.41, 5.74) is 2.18. The summed E-state index contributed by atoms with van der Waals surface area (Å²) >= 11 is 12.8. The van der Waals surface area contributed by atoms with Crippen molar-refractivity contribution in [3.05, 3.63) is 123 Å². The third kappa shape index (κ3) is 9.61. The topological polar surface area (TPSA) is 99.2 Å².